The summed E-state index contributed by atoms with van der Waals surface area (Å²) < 4.78 is 19.4. The van der Waals surface area contributed by atoms with Crippen molar-refractivity contribution >= 4 is 52.5 Å². The second kappa shape index (κ2) is 9.28. The molecule has 6 unspecified atom stereocenters. The maximum absolute atomic E-state index is 14.4. The number of benzene rings is 2. The molecule has 0 radical (unpaired) electrons. The highest BCUT2D eigenvalue weighted by atomic mass is 35.5. The Morgan fingerprint density at radius 2 is 1.64 bits per heavy atom. The Morgan fingerprint density at radius 3 is 2.26 bits per heavy atom. The number of rotatable bonds is 3. The van der Waals surface area contributed by atoms with Crippen LogP contribution in [0.15, 0.2) is 54.1 Å². The van der Waals surface area contributed by atoms with Crippen LogP contribution in [0.3, 0.4) is 0 Å². The summed E-state index contributed by atoms with van der Waals surface area (Å²) in [5, 5.41) is 11.2. The molecule has 11 heteroatoms. The molecule has 8 nitrogen and oxygen atoms in total. The van der Waals surface area contributed by atoms with Gasteiger partial charge in [-0.05, 0) is 75.9 Å². The molecule has 2 aliphatic heterocycles. The van der Waals surface area contributed by atoms with E-state index in [1.165, 1.54) is 30.2 Å². The van der Waals surface area contributed by atoms with Gasteiger partial charge in [-0.25, -0.2) is 9.29 Å². The number of amides is 4. The molecule has 2 aromatic rings. The van der Waals surface area contributed by atoms with Crippen LogP contribution in [0.5, 0.6) is 11.5 Å². The molecule has 1 saturated carbocycles. The monoisotopic (exact) mass is 614 g/mol. The van der Waals surface area contributed by atoms with Crippen LogP contribution in [0.25, 0.3) is 0 Å². The minimum absolute atomic E-state index is 0.0738. The molecule has 0 spiro atoms. The maximum Gasteiger partial charge on any atom is 0.258 e. The number of hydrogen-bond donors (Lipinski definition) is 1. The molecule has 2 heterocycles. The zero-order valence-electron chi connectivity index (χ0n) is 23.4. The Kier molecular flexibility index (Phi) is 6.34. The predicted octanol–water partition coefficient (Wildman–Crippen LogP) is 4.90. The molecule has 0 bridgehead atoms. The van der Waals surface area contributed by atoms with Crippen molar-refractivity contribution in [2.75, 3.05) is 12.0 Å². The second-order valence-electron chi connectivity index (χ2n) is 12.3. The number of nitrogens with zero attached hydrogens (tertiary/aromatic N) is 2. The molecule has 220 valence electrons. The van der Waals surface area contributed by atoms with Crippen LogP contribution in [-0.4, -0.2) is 56.0 Å². The average Bonchev–Trinajstić information content (AvgIpc) is 3.28. The summed E-state index contributed by atoms with van der Waals surface area (Å²) >= 11 is 14.6. The van der Waals surface area contributed by atoms with Crippen LogP contribution in [0, 0.1) is 23.6 Å². The summed E-state index contributed by atoms with van der Waals surface area (Å²) in [6, 6.07) is 9.34. The van der Waals surface area contributed by atoms with Gasteiger partial charge >= 0.3 is 0 Å². The highest BCUT2D eigenvalue weighted by Crippen LogP contribution is 2.67. The number of halogens is 3. The van der Waals surface area contributed by atoms with Gasteiger partial charge in [0.1, 0.15) is 17.3 Å². The van der Waals surface area contributed by atoms with Gasteiger partial charge in [-0.2, -0.15) is 0 Å². The molecule has 2 aliphatic carbocycles. The smallest absolute Gasteiger partial charge is 0.258 e. The van der Waals surface area contributed by atoms with Crippen molar-refractivity contribution < 1.29 is 33.4 Å². The Morgan fingerprint density at radius 1 is 0.976 bits per heavy atom. The molecule has 6 atom stereocenters. The lowest BCUT2D eigenvalue weighted by Crippen LogP contribution is -2.60. The first kappa shape index (κ1) is 28.7. The zero-order valence-corrected chi connectivity index (χ0v) is 24.9. The van der Waals surface area contributed by atoms with Crippen molar-refractivity contribution in [3.63, 3.8) is 0 Å². The van der Waals surface area contributed by atoms with Gasteiger partial charge in [0.25, 0.3) is 11.8 Å². The number of phenolic OH excluding ortho intramolecular Hbond substituents is 1. The normalized spacial score (nSPS) is 32.5. The quantitative estimate of drug-likeness (QED) is 0.299. The number of imide groups is 2. The van der Waals surface area contributed by atoms with Gasteiger partial charge in [0.2, 0.25) is 11.8 Å². The SMILES string of the molecule is COc1cccc(O)c1C1C2=CCC3C(=O)N(C(C)(C)C)C(=O)C3C2CC2(Cl)C(=O)N(c3ccc(F)cc3)C(=O)C12Cl. The third-order valence-corrected chi connectivity index (χ3v) is 10.5. The third-order valence-electron chi connectivity index (χ3n) is 9.12. The lowest BCUT2D eigenvalue weighted by Gasteiger charge is -2.51. The molecule has 1 N–H and O–H groups in total. The number of aromatic hydroxyl groups is 1. The minimum atomic E-state index is -2.17. The maximum atomic E-state index is 14.4. The summed E-state index contributed by atoms with van der Waals surface area (Å²) in [6.45, 7) is 5.33. The number of ether oxygens (including phenoxy) is 1. The molecular weight excluding hydrogens is 586 g/mol. The molecular formula is C31H29Cl2FN2O6. The molecule has 3 fully saturated rings. The van der Waals surface area contributed by atoms with E-state index in [0.717, 1.165) is 17.0 Å². The van der Waals surface area contributed by atoms with Crippen LogP contribution in [0.2, 0.25) is 0 Å². The Balaban J connectivity index is 1.60. The van der Waals surface area contributed by atoms with Gasteiger partial charge in [0, 0.05) is 17.0 Å². The summed E-state index contributed by atoms with van der Waals surface area (Å²) in [5.41, 5.74) is -0.0410. The van der Waals surface area contributed by atoms with Crippen LogP contribution in [-0.2, 0) is 19.2 Å². The topological polar surface area (TPSA) is 104 Å². The summed E-state index contributed by atoms with van der Waals surface area (Å²) in [6.07, 6.45) is 1.78. The largest absolute Gasteiger partial charge is 0.508 e. The third kappa shape index (κ3) is 3.59. The number of hydrogen-bond acceptors (Lipinski definition) is 6. The highest BCUT2D eigenvalue weighted by molar-refractivity contribution is 6.58. The fourth-order valence-corrected chi connectivity index (χ4v) is 8.30. The number of alkyl halides is 2. The first-order valence-electron chi connectivity index (χ1n) is 13.6. The van der Waals surface area contributed by atoms with Crippen LogP contribution in [0.4, 0.5) is 10.1 Å². The van der Waals surface area contributed by atoms with E-state index in [4.69, 9.17) is 27.9 Å². The molecule has 4 amide bonds. The Hall–Kier alpha value is -3.43. The standard InChI is InChI=1S/C31H29Cl2FN2O6/c1-29(2,3)36-25(38)18-13-12-17-19(22(18)26(36)39)14-30(32)27(40)35(16-10-8-15(34)9-11-16)28(41)31(30,33)24(17)23-20(37)6-5-7-21(23)42-4/h5-12,18-19,22,24,37H,13-14H2,1-4H3. The predicted molar refractivity (Wildman–Crippen MR) is 153 cm³/mol. The van der Waals surface area contributed by atoms with E-state index in [9.17, 15) is 28.7 Å². The Bertz CT molecular complexity index is 1590. The van der Waals surface area contributed by atoms with E-state index in [-0.39, 0.29) is 47.4 Å². The number of anilines is 1. The summed E-state index contributed by atoms with van der Waals surface area (Å²) in [7, 11) is 1.39. The van der Waals surface area contributed by atoms with Crippen LogP contribution < -0.4 is 9.64 Å². The minimum Gasteiger partial charge on any atom is -0.508 e. The number of fused-ring (bicyclic) bond motifs is 4. The molecule has 2 saturated heterocycles. The second-order valence-corrected chi connectivity index (χ2v) is 13.6. The molecule has 2 aromatic carbocycles. The summed E-state index contributed by atoms with van der Waals surface area (Å²) in [5.74, 6) is -6.47. The number of methoxy groups -OCH3 is 1. The fourth-order valence-electron chi connectivity index (χ4n) is 7.38. The molecule has 42 heavy (non-hydrogen) atoms. The van der Waals surface area contributed by atoms with E-state index < -0.39 is 56.6 Å². The number of phenols is 1. The van der Waals surface area contributed by atoms with Gasteiger partial charge in [-0.15, -0.1) is 23.2 Å². The van der Waals surface area contributed by atoms with E-state index in [0.29, 0.717) is 5.57 Å². The first-order chi connectivity index (χ1) is 19.7. The van der Waals surface area contributed by atoms with E-state index in [1.54, 1.807) is 39.0 Å². The van der Waals surface area contributed by atoms with Crippen LogP contribution in [0.1, 0.15) is 45.1 Å². The van der Waals surface area contributed by atoms with Crippen molar-refractivity contribution in [3.8, 4) is 11.5 Å². The first-order valence-corrected chi connectivity index (χ1v) is 14.4. The number of allylic oxidation sites excluding steroid dienone is 2. The highest BCUT2D eigenvalue weighted by Gasteiger charge is 2.77. The average molecular weight is 615 g/mol. The lowest BCUT2D eigenvalue weighted by molar-refractivity contribution is -0.145. The van der Waals surface area contributed by atoms with Gasteiger partial charge in [-0.1, -0.05) is 17.7 Å². The molecule has 0 aromatic heterocycles. The van der Waals surface area contributed by atoms with E-state index in [1.807, 2.05) is 0 Å². The number of likely N-dealkylation sites (tertiary alicyclic amines) is 1. The van der Waals surface area contributed by atoms with Gasteiger partial charge in [-0.3, -0.25) is 24.1 Å². The van der Waals surface area contributed by atoms with Gasteiger partial charge in [0.15, 0.2) is 9.75 Å². The zero-order chi connectivity index (χ0) is 30.5. The van der Waals surface area contributed by atoms with Crippen LogP contribution >= 0.6 is 23.2 Å². The van der Waals surface area contributed by atoms with Crippen molar-refractivity contribution in [1.82, 2.24) is 4.90 Å². The number of carbonyl (C=O) groups is 4. The fraction of sp³-hybridized carbons (Fsp3) is 0.419. The van der Waals surface area contributed by atoms with E-state index in [2.05, 4.69) is 0 Å². The Labute approximate surface area is 252 Å². The van der Waals surface area contributed by atoms with Gasteiger partial charge in [0.05, 0.1) is 24.6 Å². The van der Waals surface area contributed by atoms with Gasteiger partial charge < -0.3 is 9.84 Å². The summed E-state index contributed by atoms with van der Waals surface area (Å²) in [4.78, 5) is 53.9. The van der Waals surface area contributed by atoms with Crippen molar-refractivity contribution in [1.29, 1.82) is 0 Å². The lowest BCUT2D eigenvalue weighted by atomic mass is 9.56. The molecule has 6 rings (SSSR count). The van der Waals surface area contributed by atoms with Crippen molar-refractivity contribution in [2.24, 2.45) is 17.8 Å². The van der Waals surface area contributed by atoms with Crippen molar-refractivity contribution in [2.45, 2.75) is 54.8 Å². The molecule has 4 aliphatic rings. The number of carbonyl (C=O) groups excluding carboxylic acids is 4. The van der Waals surface area contributed by atoms with Crippen molar-refractivity contribution in [3.05, 3.63) is 65.5 Å². The van der Waals surface area contributed by atoms with E-state index >= 15 is 0 Å².